The highest BCUT2D eigenvalue weighted by Crippen LogP contribution is 2.10. The molecule has 0 bridgehead atoms. The first-order valence-electron chi connectivity index (χ1n) is 7.98. The van der Waals surface area contributed by atoms with Crippen LogP contribution < -0.4 is 10.6 Å². The Hall–Kier alpha value is -2.88. The molecule has 0 aliphatic carbocycles. The minimum Gasteiger partial charge on any atom is -0.352 e. The van der Waals surface area contributed by atoms with Crippen molar-refractivity contribution in [1.82, 2.24) is 5.32 Å². The van der Waals surface area contributed by atoms with Crippen molar-refractivity contribution < 1.29 is 9.59 Å². The Morgan fingerprint density at radius 2 is 1.83 bits per heavy atom. The zero-order valence-electron chi connectivity index (χ0n) is 13.8. The van der Waals surface area contributed by atoms with Crippen molar-refractivity contribution in [2.24, 2.45) is 0 Å². The zero-order chi connectivity index (χ0) is 17.2. The van der Waals surface area contributed by atoms with E-state index in [2.05, 4.69) is 10.6 Å². The number of amides is 2. The molecule has 2 aromatic rings. The first kappa shape index (κ1) is 17.5. The Morgan fingerprint density at radius 1 is 1.04 bits per heavy atom. The van der Waals surface area contributed by atoms with Crippen molar-refractivity contribution >= 4 is 23.6 Å². The molecule has 0 atom stereocenters. The standard InChI is InChI=1S/C20H22N2O2/c1-16(23)22-19-12-7-11-18(14-19)15-21-20(24)13-6-5-10-17-8-3-2-4-9-17/h2-5,7-12,14H,6,13,15H2,1H3,(H,21,24)(H,22,23). The molecule has 4 nitrogen and oxygen atoms in total. The molecule has 0 spiro atoms. The third-order valence-corrected chi connectivity index (χ3v) is 3.38. The first-order chi connectivity index (χ1) is 11.6. The molecular formula is C20H22N2O2. The van der Waals surface area contributed by atoms with Gasteiger partial charge >= 0.3 is 0 Å². The topological polar surface area (TPSA) is 58.2 Å². The average molecular weight is 322 g/mol. The largest absolute Gasteiger partial charge is 0.352 e. The van der Waals surface area contributed by atoms with E-state index in [0.717, 1.165) is 16.8 Å². The minimum absolute atomic E-state index is 0.0117. The lowest BCUT2D eigenvalue weighted by Crippen LogP contribution is -2.22. The molecule has 24 heavy (non-hydrogen) atoms. The van der Waals surface area contributed by atoms with E-state index in [1.165, 1.54) is 6.92 Å². The Morgan fingerprint density at radius 3 is 2.58 bits per heavy atom. The number of allylic oxidation sites excluding steroid dienone is 1. The van der Waals surface area contributed by atoms with Gasteiger partial charge in [-0.15, -0.1) is 0 Å². The molecule has 124 valence electrons. The molecule has 0 heterocycles. The predicted molar refractivity (Wildman–Crippen MR) is 97.3 cm³/mol. The molecule has 2 N–H and O–H groups in total. The van der Waals surface area contributed by atoms with Crippen LogP contribution in [0.4, 0.5) is 5.69 Å². The van der Waals surface area contributed by atoms with Crippen LogP contribution in [0.15, 0.2) is 60.7 Å². The Kier molecular flexibility index (Phi) is 6.77. The van der Waals surface area contributed by atoms with Crippen molar-refractivity contribution in [2.75, 3.05) is 5.32 Å². The van der Waals surface area contributed by atoms with E-state index in [4.69, 9.17) is 0 Å². The molecule has 0 aromatic heterocycles. The fourth-order valence-corrected chi connectivity index (χ4v) is 2.25. The maximum Gasteiger partial charge on any atom is 0.221 e. The predicted octanol–water partition coefficient (Wildman–Crippen LogP) is 3.75. The van der Waals surface area contributed by atoms with Crippen LogP contribution in [0.1, 0.15) is 30.9 Å². The van der Waals surface area contributed by atoms with Crippen LogP contribution in [0.2, 0.25) is 0 Å². The van der Waals surface area contributed by atoms with Crippen LogP contribution in [-0.4, -0.2) is 11.8 Å². The molecule has 2 rings (SSSR count). The molecule has 0 saturated heterocycles. The van der Waals surface area contributed by atoms with Gasteiger partial charge in [0.05, 0.1) is 0 Å². The summed E-state index contributed by atoms with van der Waals surface area (Å²) in [6.07, 6.45) is 5.18. The highest BCUT2D eigenvalue weighted by atomic mass is 16.2. The molecule has 0 radical (unpaired) electrons. The van der Waals surface area contributed by atoms with E-state index < -0.39 is 0 Å². The molecule has 4 heteroatoms. The Balaban J connectivity index is 1.73. The minimum atomic E-state index is -0.110. The van der Waals surface area contributed by atoms with Crippen LogP contribution in [-0.2, 0) is 16.1 Å². The van der Waals surface area contributed by atoms with Crippen molar-refractivity contribution in [3.05, 3.63) is 71.8 Å². The second-order valence-electron chi connectivity index (χ2n) is 5.51. The van der Waals surface area contributed by atoms with Crippen LogP contribution in [0.3, 0.4) is 0 Å². The number of carbonyl (C=O) groups excluding carboxylic acids is 2. The van der Waals surface area contributed by atoms with Gasteiger partial charge in [0.15, 0.2) is 0 Å². The van der Waals surface area contributed by atoms with Crippen LogP contribution in [0.5, 0.6) is 0 Å². The van der Waals surface area contributed by atoms with E-state index in [0.29, 0.717) is 19.4 Å². The summed E-state index contributed by atoms with van der Waals surface area (Å²) < 4.78 is 0. The van der Waals surface area contributed by atoms with Gasteiger partial charge in [-0.1, -0.05) is 54.6 Å². The van der Waals surface area contributed by atoms with Gasteiger partial charge < -0.3 is 10.6 Å². The molecule has 0 fully saturated rings. The molecule has 0 unspecified atom stereocenters. The second kappa shape index (κ2) is 9.30. The summed E-state index contributed by atoms with van der Waals surface area (Å²) in [6, 6.07) is 17.5. The average Bonchev–Trinajstić information content (AvgIpc) is 2.58. The van der Waals surface area contributed by atoms with Gasteiger partial charge in [0, 0.05) is 25.6 Å². The number of carbonyl (C=O) groups is 2. The fourth-order valence-electron chi connectivity index (χ4n) is 2.25. The molecule has 2 amide bonds. The second-order valence-corrected chi connectivity index (χ2v) is 5.51. The van der Waals surface area contributed by atoms with Gasteiger partial charge in [-0.05, 0) is 29.7 Å². The van der Waals surface area contributed by atoms with Gasteiger partial charge in [0.25, 0.3) is 0 Å². The monoisotopic (exact) mass is 322 g/mol. The quantitative estimate of drug-likeness (QED) is 0.815. The van der Waals surface area contributed by atoms with Gasteiger partial charge in [0.1, 0.15) is 0 Å². The van der Waals surface area contributed by atoms with Gasteiger partial charge in [0.2, 0.25) is 11.8 Å². The summed E-state index contributed by atoms with van der Waals surface area (Å²) in [5.41, 5.74) is 2.82. The summed E-state index contributed by atoms with van der Waals surface area (Å²) in [7, 11) is 0. The summed E-state index contributed by atoms with van der Waals surface area (Å²) in [5.74, 6) is -0.0981. The lowest BCUT2D eigenvalue weighted by atomic mass is 10.1. The van der Waals surface area contributed by atoms with Gasteiger partial charge in [-0.2, -0.15) is 0 Å². The third-order valence-electron chi connectivity index (χ3n) is 3.38. The Bertz CT molecular complexity index is 709. The van der Waals surface area contributed by atoms with Crippen molar-refractivity contribution in [1.29, 1.82) is 0 Å². The number of hydrogen-bond donors (Lipinski definition) is 2. The van der Waals surface area contributed by atoms with Crippen LogP contribution in [0.25, 0.3) is 6.08 Å². The Labute approximate surface area is 142 Å². The summed E-state index contributed by atoms with van der Waals surface area (Å²) in [5, 5.41) is 5.62. The molecule has 2 aromatic carbocycles. The zero-order valence-corrected chi connectivity index (χ0v) is 13.8. The maximum absolute atomic E-state index is 11.9. The number of nitrogens with one attached hydrogen (secondary N) is 2. The van der Waals surface area contributed by atoms with E-state index in [1.807, 2.05) is 66.7 Å². The SMILES string of the molecule is CC(=O)Nc1cccc(CNC(=O)CCC=Cc2ccccc2)c1. The van der Waals surface area contributed by atoms with E-state index in [9.17, 15) is 9.59 Å². The summed E-state index contributed by atoms with van der Waals surface area (Å²) in [4.78, 5) is 22.9. The van der Waals surface area contributed by atoms with E-state index in [1.54, 1.807) is 0 Å². The molecule has 0 saturated carbocycles. The highest BCUT2D eigenvalue weighted by molar-refractivity contribution is 5.88. The lowest BCUT2D eigenvalue weighted by Gasteiger charge is -2.07. The summed E-state index contributed by atoms with van der Waals surface area (Å²) >= 11 is 0. The van der Waals surface area contributed by atoms with Crippen LogP contribution in [0, 0.1) is 0 Å². The molecule has 0 aliphatic heterocycles. The smallest absolute Gasteiger partial charge is 0.221 e. The molecule has 0 aliphatic rings. The number of hydrogen-bond acceptors (Lipinski definition) is 2. The molecular weight excluding hydrogens is 300 g/mol. The maximum atomic E-state index is 11.9. The van der Waals surface area contributed by atoms with E-state index in [-0.39, 0.29) is 11.8 Å². The number of rotatable bonds is 7. The number of anilines is 1. The fraction of sp³-hybridized carbons (Fsp3) is 0.200. The number of benzene rings is 2. The van der Waals surface area contributed by atoms with Crippen molar-refractivity contribution in [3.8, 4) is 0 Å². The van der Waals surface area contributed by atoms with Crippen molar-refractivity contribution in [2.45, 2.75) is 26.3 Å². The normalized spacial score (nSPS) is 10.5. The highest BCUT2D eigenvalue weighted by Gasteiger charge is 2.01. The van der Waals surface area contributed by atoms with Gasteiger partial charge in [-0.25, -0.2) is 0 Å². The summed E-state index contributed by atoms with van der Waals surface area (Å²) in [6.45, 7) is 1.92. The van der Waals surface area contributed by atoms with Crippen LogP contribution >= 0.6 is 0 Å². The van der Waals surface area contributed by atoms with Gasteiger partial charge in [-0.3, -0.25) is 9.59 Å². The first-order valence-corrected chi connectivity index (χ1v) is 7.98. The van der Waals surface area contributed by atoms with E-state index >= 15 is 0 Å². The van der Waals surface area contributed by atoms with Crippen molar-refractivity contribution in [3.63, 3.8) is 0 Å². The lowest BCUT2D eigenvalue weighted by molar-refractivity contribution is -0.121. The third kappa shape index (κ3) is 6.48.